The van der Waals surface area contributed by atoms with Gasteiger partial charge in [0.25, 0.3) is 5.91 Å². The van der Waals surface area contributed by atoms with E-state index in [9.17, 15) is 14.9 Å². The lowest BCUT2D eigenvalue weighted by molar-refractivity contribution is -0.385. The number of carbonyl (C=O) groups is 1. The monoisotopic (exact) mass is 368 g/mol. The van der Waals surface area contributed by atoms with Crippen molar-refractivity contribution in [1.29, 1.82) is 0 Å². The zero-order valence-electron chi connectivity index (χ0n) is 14.4. The molecular formula is C17H24N2O5S. The van der Waals surface area contributed by atoms with Gasteiger partial charge in [-0.25, -0.2) is 0 Å². The van der Waals surface area contributed by atoms with Crippen LogP contribution in [0.2, 0.25) is 0 Å². The van der Waals surface area contributed by atoms with E-state index < -0.39 is 4.92 Å². The third-order valence-electron chi connectivity index (χ3n) is 4.05. The number of nitro benzene ring substituents is 1. The van der Waals surface area contributed by atoms with Gasteiger partial charge in [0.2, 0.25) is 5.75 Å². The molecule has 1 aromatic rings. The number of hydrogen-bond donors (Lipinski definition) is 1. The molecule has 0 atom stereocenters. The first-order valence-electron chi connectivity index (χ1n) is 8.43. The number of rotatable bonds is 9. The van der Waals surface area contributed by atoms with Crippen LogP contribution < -0.4 is 14.8 Å². The van der Waals surface area contributed by atoms with Gasteiger partial charge in [-0.2, -0.15) is 11.8 Å². The van der Waals surface area contributed by atoms with Crippen LogP contribution in [0.25, 0.3) is 0 Å². The van der Waals surface area contributed by atoms with Gasteiger partial charge in [-0.1, -0.05) is 19.3 Å². The molecule has 0 unspecified atom stereocenters. The number of thioether (sulfide) groups is 1. The summed E-state index contributed by atoms with van der Waals surface area (Å²) in [7, 11) is 1.35. The van der Waals surface area contributed by atoms with Crippen molar-refractivity contribution in [2.75, 3.05) is 26.0 Å². The van der Waals surface area contributed by atoms with E-state index in [2.05, 4.69) is 5.32 Å². The molecule has 0 heterocycles. The zero-order chi connectivity index (χ0) is 18.1. The van der Waals surface area contributed by atoms with Gasteiger partial charge in [-0.3, -0.25) is 14.9 Å². The Kier molecular flexibility index (Phi) is 7.84. The van der Waals surface area contributed by atoms with Crippen LogP contribution in [-0.2, 0) is 4.79 Å². The summed E-state index contributed by atoms with van der Waals surface area (Å²) in [5.74, 6) is 1.16. The Morgan fingerprint density at radius 2 is 2.12 bits per heavy atom. The second-order valence-electron chi connectivity index (χ2n) is 5.86. The van der Waals surface area contributed by atoms with E-state index in [1.807, 2.05) is 11.8 Å². The van der Waals surface area contributed by atoms with Crippen molar-refractivity contribution >= 4 is 23.4 Å². The number of hydrogen-bond acceptors (Lipinski definition) is 6. The summed E-state index contributed by atoms with van der Waals surface area (Å²) in [4.78, 5) is 22.1. The van der Waals surface area contributed by atoms with Gasteiger partial charge in [0.15, 0.2) is 6.61 Å². The highest BCUT2D eigenvalue weighted by atomic mass is 32.2. The van der Waals surface area contributed by atoms with E-state index in [0.717, 1.165) is 11.0 Å². The quantitative estimate of drug-likeness (QED) is 0.409. The van der Waals surface area contributed by atoms with Crippen LogP contribution in [0.1, 0.15) is 32.1 Å². The Bertz CT molecular complexity index is 590. The minimum absolute atomic E-state index is 0.104. The summed E-state index contributed by atoms with van der Waals surface area (Å²) in [6, 6.07) is 4.16. The molecule has 1 amide bonds. The van der Waals surface area contributed by atoms with Crippen molar-refractivity contribution < 1.29 is 19.2 Å². The van der Waals surface area contributed by atoms with Crippen molar-refractivity contribution in [2.45, 2.75) is 37.4 Å². The highest BCUT2D eigenvalue weighted by Crippen LogP contribution is 2.30. The molecule has 2 rings (SSSR count). The van der Waals surface area contributed by atoms with Crippen molar-refractivity contribution in [2.24, 2.45) is 0 Å². The van der Waals surface area contributed by atoms with Crippen LogP contribution in [0.4, 0.5) is 5.69 Å². The Morgan fingerprint density at radius 3 is 2.80 bits per heavy atom. The Labute approximate surface area is 151 Å². The molecule has 7 nitrogen and oxygen atoms in total. The molecule has 0 aliphatic heterocycles. The lowest BCUT2D eigenvalue weighted by Gasteiger charge is -2.20. The third-order valence-corrected chi connectivity index (χ3v) is 5.43. The molecular weight excluding hydrogens is 344 g/mol. The highest BCUT2D eigenvalue weighted by Gasteiger charge is 2.16. The molecule has 1 aromatic carbocycles. The topological polar surface area (TPSA) is 90.7 Å². The smallest absolute Gasteiger partial charge is 0.311 e. The predicted octanol–water partition coefficient (Wildman–Crippen LogP) is 3.16. The van der Waals surface area contributed by atoms with Crippen LogP contribution in [0.3, 0.4) is 0 Å². The van der Waals surface area contributed by atoms with Crippen molar-refractivity contribution in [3.05, 3.63) is 28.3 Å². The van der Waals surface area contributed by atoms with Gasteiger partial charge in [0, 0.05) is 29.7 Å². The molecule has 0 aromatic heterocycles. The Morgan fingerprint density at radius 1 is 1.36 bits per heavy atom. The average molecular weight is 368 g/mol. The largest absolute Gasteiger partial charge is 0.490 e. The fourth-order valence-electron chi connectivity index (χ4n) is 2.75. The molecule has 0 saturated heterocycles. The summed E-state index contributed by atoms with van der Waals surface area (Å²) in [6.07, 6.45) is 6.54. The number of nitrogens with one attached hydrogen (secondary N) is 1. The molecule has 1 fully saturated rings. The summed E-state index contributed by atoms with van der Waals surface area (Å²) in [6.45, 7) is 0.488. The van der Waals surface area contributed by atoms with Crippen LogP contribution >= 0.6 is 11.8 Å². The van der Waals surface area contributed by atoms with Gasteiger partial charge < -0.3 is 14.8 Å². The van der Waals surface area contributed by atoms with Crippen molar-refractivity contribution in [3.8, 4) is 11.5 Å². The predicted molar refractivity (Wildman–Crippen MR) is 97.5 cm³/mol. The van der Waals surface area contributed by atoms with Crippen molar-refractivity contribution in [1.82, 2.24) is 5.32 Å². The SMILES string of the molecule is COc1cc(OCC(=O)NCCSC2CCCCC2)ccc1[N+](=O)[O-]. The van der Waals surface area contributed by atoms with Crippen LogP contribution in [0, 0.1) is 10.1 Å². The first kappa shape index (κ1) is 19.4. The molecule has 8 heteroatoms. The fourth-order valence-corrected chi connectivity index (χ4v) is 3.97. The van der Waals surface area contributed by atoms with Gasteiger partial charge in [-0.15, -0.1) is 0 Å². The van der Waals surface area contributed by atoms with Gasteiger partial charge in [0.1, 0.15) is 5.75 Å². The number of amides is 1. The zero-order valence-corrected chi connectivity index (χ0v) is 15.2. The van der Waals surface area contributed by atoms with Crippen LogP contribution in [0.5, 0.6) is 11.5 Å². The van der Waals surface area contributed by atoms with E-state index in [4.69, 9.17) is 9.47 Å². The Balaban J connectivity index is 1.68. The third kappa shape index (κ3) is 6.45. The minimum Gasteiger partial charge on any atom is -0.490 e. The second-order valence-corrected chi connectivity index (χ2v) is 7.27. The molecule has 0 spiro atoms. The van der Waals surface area contributed by atoms with Crippen LogP contribution in [0.15, 0.2) is 18.2 Å². The average Bonchev–Trinajstić information content (AvgIpc) is 2.64. The van der Waals surface area contributed by atoms with E-state index in [1.54, 1.807) is 0 Å². The molecule has 1 saturated carbocycles. The number of carbonyl (C=O) groups excluding carboxylic acids is 1. The lowest BCUT2D eigenvalue weighted by Crippen LogP contribution is -2.31. The summed E-state index contributed by atoms with van der Waals surface area (Å²) < 4.78 is 10.3. The number of nitro groups is 1. The molecule has 1 aliphatic rings. The number of ether oxygens (including phenoxy) is 2. The highest BCUT2D eigenvalue weighted by molar-refractivity contribution is 7.99. The molecule has 25 heavy (non-hydrogen) atoms. The maximum absolute atomic E-state index is 11.8. The maximum Gasteiger partial charge on any atom is 0.311 e. The van der Waals surface area contributed by atoms with Crippen LogP contribution in [-0.4, -0.2) is 42.1 Å². The molecule has 1 aliphatic carbocycles. The number of benzene rings is 1. The summed E-state index contributed by atoms with van der Waals surface area (Å²) in [5, 5.41) is 14.4. The van der Waals surface area contributed by atoms with Gasteiger partial charge in [-0.05, 0) is 18.9 Å². The van der Waals surface area contributed by atoms with E-state index in [-0.39, 0.29) is 24.0 Å². The van der Waals surface area contributed by atoms with Gasteiger partial charge in [0.05, 0.1) is 12.0 Å². The first-order valence-corrected chi connectivity index (χ1v) is 9.48. The first-order chi connectivity index (χ1) is 12.1. The lowest BCUT2D eigenvalue weighted by atomic mass is 10.0. The number of nitrogens with zero attached hydrogens (tertiary/aromatic N) is 1. The van der Waals surface area contributed by atoms with E-state index in [0.29, 0.717) is 12.3 Å². The summed E-state index contributed by atoms with van der Waals surface area (Å²) in [5.41, 5.74) is -0.140. The van der Waals surface area contributed by atoms with E-state index >= 15 is 0 Å². The maximum atomic E-state index is 11.8. The Hall–Kier alpha value is -1.96. The normalized spacial score (nSPS) is 14.8. The van der Waals surface area contributed by atoms with E-state index in [1.165, 1.54) is 57.4 Å². The standard InChI is InChI=1S/C17H24N2O5S/c1-23-16-11-13(7-8-15(16)19(21)22)24-12-17(20)18-9-10-25-14-5-3-2-4-6-14/h7-8,11,14H,2-6,9-10,12H2,1H3,(H,18,20). The fraction of sp³-hybridized carbons (Fsp3) is 0.588. The second kappa shape index (κ2) is 10.1. The van der Waals surface area contributed by atoms with Gasteiger partial charge >= 0.3 is 5.69 Å². The molecule has 138 valence electrons. The summed E-state index contributed by atoms with van der Waals surface area (Å²) >= 11 is 1.93. The van der Waals surface area contributed by atoms with Crippen molar-refractivity contribution in [3.63, 3.8) is 0 Å². The molecule has 0 bridgehead atoms. The molecule has 0 radical (unpaired) electrons. The minimum atomic E-state index is -0.528. The number of methoxy groups -OCH3 is 1. The molecule has 1 N–H and O–H groups in total.